The summed E-state index contributed by atoms with van der Waals surface area (Å²) in [6, 6.07) is 23.3. The molecule has 4 aromatic carbocycles. The van der Waals surface area contributed by atoms with Gasteiger partial charge in [-0.05, 0) is 70.8 Å². The second-order valence-electron chi connectivity index (χ2n) is 7.18. The van der Waals surface area contributed by atoms with Crippen molar-refractivity contribution in [3.05, 3.63) is 139 Å². The Labute approximate surface area is 286 Å². The van der Waals surface area contributed by atoms with Crippen molar-refractivity contribution in [3.63, 3.8) is 0 Å². The molecule has 222 valence electrons. The minimum atomic E-state index is -1.18. The Bertz CT molecular complexity index is 1190. The largest absolute Gasteiger partial charge is 2.00 e. The van der Waals surface area contributed by atoms with Gasteiger partial charge in [-0.3, -0.25) is 0 Å². The quantitative estimate of drug-likeness (QED) is 0.284. The van der Waals surface area contributed by atoms with Gasteiger partial charge in [0.25, 0.3) is 0 Å². The van der Waals surface area contributed by atoms with Gasteiger partial charge in [0, 0.05) is 20.1 Å². The number of hydrogen-bond acceptors (Lipinski definition) is 8. The molecule has 0 atom stereocenters. The number of hydrogen-bond donors (Lipinski definition) is 0. The summed E-state index contributed by atoms with van der Waals surface area (Å²) in [5.74, 6) is -4.73. The van der Waals surface area contributed by atoms with Gasteiger partial charge in [0.2, 0.25) is 0 Å². The maximum absolute atomic E-state index is 10.2. The fourth-order valence-electron chi connectivity index (χ4n) is 2.34. The van der Waals surface area contributed by atoms with Gasteiger partial charge in [-0.1, -0.05) is 94.9 Å². The van der Waals surface area contributed by atoms with Crippen LogP contribution in [-0.2, 0) is 39.0 Å². The first kappa shape index (κ1) is 41.3. The van der Waals surface area contributed by atoms with E-state index in [1.54, 1.807) is 0 Å². The normalized spacial score (nSPS) is 8.86. The third-order valence-corrected chi connectivity index (χ3v) is 5.33. The van der Waals surface area contributed by atoms with Gasteiger partial charge in [-0.15, -0.1) is 0 Å². The van der Waals surface area contributed by atoms with Crippen LogP contribution in [-0.4, -0.2) is 23.9 Å². The van der Waals surface area contributed by atoms with Crippen LogP contribution in [0.4, 0.5) is 0 Å². The predicted octanol–water partition coefficient (Wildman–Crippen LogP) is 2.81. The van der Waals surface area contributed by atoms with E-state index in [2.05, 4.69) is 0 Å². The smallest absolute Gasteiger partial charge is 0.545 e. The second-order valence-corrected chi connectivity index (χ2v) is 8.92. The first-order valence-corrected chi connectivity index (χ1v) is 12.2. The van der Waals surface area contributed by atoms with E-state index in [0.29, 0.717) is 20.1 Å². The summed E-state index contributed by atoms with van der Waals surface area (Å²) < 4.78 is 0. The van der Waals surface area contributed by atoms with E-state index in [1.165, 1.54) is 97.1 Å². The van der Waals surface area contributed by atoms with E-state index in [0.717, 1.165) is 0 Å². The molecule has 0 saturated carbocycles. The topological polar surface area (TPSA) is 161 Å². The van der Waals surface area contributed by atoms with Gasteiger partial charge in [-0.25, -0.2) is 0 Å². The predicted molar refractivity (Wildman–Crippen MR) is 143 cm³/mol. The zero-order chi connectivity index (χ0) is 30.2. The van der Waals surface area contributed by atoms with Gasteiger partial charge in [0.05, 0.1) is 23.9 Å². The summed E-state index contributed by atoms with van der Waals surface area (Å²) in [7, 11) is 0. The molecular weight excluding hydrogens is 812 g/mol. The standard InChI is InChI=1S/4C7H5ClO2.2Rh/c4*8-6-3-1-5(2-4-6)7(9)10;;/h4*1-4H,(H,9,10);;/q;;;;2*+2/p-4. The minimum absolute atomic E-state index is 0. The molecule has 0 aromatic heterocycles. The molecule has 0 unspecified atom stereocenters. The van der Waals surface area contributed by atoms with Crippen molar-refractivity contribution in [2.75, 3.05) is 0 Å². The van der Waals surface area contributed by atoms with E-state index >= 15 is 0 Å². The molecule has 0 N–H and O–H groups in total. The molecule has 0 spiro atoms. The van der Waals surface area contributed by atoms with Crippen molar-refractivity contribution in [1.82, 2.24) is 0 Å². The molecule has 0 aliphatic carbocycles. The van der Waals surface area contributed by atoms with Gasteiger partial charge in [-0.2, -0.15) is 0 Å². The molecule has 8 nitrogen and oxygen atoms in total. The summed E-state index contributed by atoms with van der Waals surface area (Å²) in [6.07, 6.45) is 0. The summed E-state index contributed by atoms with van der Waals surface area (Å²) in [4.78, 5) is 40.6. The maximum Gasteiger partial charge on any atom is 2.00 e. The zero-order valence-corrected chi connectivity index (χ0v) is 27.0. The average molecular weight is 828 g/mol. The van der Waals surface area contributed by atoms with Crippen LogP contribution in [0.25, 0.3) is 0 Å². The fourth-order valence-corrected chi connectivity index (χ4v) is 2.85. The van der Waals surface area contributed by atoms with Crippen molar-refractivity contribution in [3.8, 4) is 0 Å². The molecule has 42 heavy (non-hydrogen) atoms. The Balaban J connectivity index is 0. The van der Waals surface area contributed by atoms with Gasteiger partial charge < -0.3 is 39.6 Å². The number of halogens is 4. The molecule has 2 radical (unpaired) electrons. The molecule has 0 amide bonds. The van der Waals surface area contributed by atoms with Crippen LogP contribution < -0.4 is 20.4 Å². The minimum Gasteiger partial charge on any atom is -0.545 e. The van der Waals surface area contributed by atoms with E-state index in [-0.39, 0.29) is 61.2 Å². The molecule has 0 fully saturated rings. The number of aromatic carboxylic acids is 4. The average Bonchev–Trinajstić information content (AvgIpc) is 2.91. The van der Waals surface area contributed by atoms with Crippen molar-refractivity contribution in [2.45, 2.75) is 0 Å². The molecular formula is C28H16Cl4O8Rh2. The number of carboxylic acid groups (broad SMARTS) is 4. The molecule has 0 aliphatic rings. The van der Waals surface area contributed by atoms with Gasteiger partial charge >= 0.3 is 39.0 Å². The number of carboxylic acids is 4. The van der Waals surface area contributed by atoms with Crippen LogP contribution in [0.5, 0.6) is 0 Å². The van der Waals surface area contributed by atoms with Crippen molar-refractivity contribution < 1.29 is 78.6 Å². The molecule has 0 heterocycles. The molecule has 4 aromatic rings. The second kappa shape index (κ2) is 21.8. The SMILES string of the molecule is O=C([O-])c1ccc(Cl)cc1.O=C([O-])c1ccc(Cl)cc1.O=C([O-])c1ccc(Cl)cc1.O=C([O-])c1ccc(Cl)cc1.[Rh+2].[Rh+2]. The third kappa shape index (κ3) is 17.2. The van der Waals surface area contributed by atoms with Crippen LogP contribution >= 0.6 is 46.4 Å². The van der Waals surface area contributed by atoms with Crippen LogP contribution in [0, 0.1) is 0 Å². The Hall–Kier alpha value is -2.83. The van der Waals surface area contributed by atoms with Crippen LogP contribution in [0.2, 0.25) is 20.1 Å². The van der Waals surface area contributed by atoms with Crippen molar-refractivity contribution in [2.24, 2.45) is 0 Å². The van der Waals surface area contributed by atoms with Crippen LogP contribution in [0.15, 0.2) is 97.1 Å². The third-order valence-electron chi connectivity index (χ3n) is 4.32. The first-order chi connectivity index (χ1) is 18.8. The Kier molecular flexibility index (Phi) is 21.4. The number of carbonyl (C=O) groups is 4. The van der Waals surface area contributed by atoms with Gasteiger partial charge in [0.15, 0.2) is 0 Å². The fraction of sp³-hybridized carbons (Fsp3) is 0. The maximum atomic E-state index is 10.2. The molecule has 4 rings (SSSR count). The van der Waals surface area contributed by atoms with Gasteiger partial charge in [0.1, 0.15) is 0 Å². The molecule has 0 saturated heterocycles. The Morgan fingerprint density at radius 3 is 0.548 bits per heavy atom. The Morgan fingerprint density at radius 1 is 0.333 bits per heavy atom. The van der Waals surface area contributed by atoms with E-state index < -0.39 is 23.9 Å². The Morgan fingerprint density at radius 2 is 0.452 bits per heavy atom. The number of carbonyl (C=O) groups excluding carboxylic acids is 4. The number of benzene rings is 4. The molecule has 14 heteroatoms. The summed E-state index contributed by atoms with van der Waals surface area (Å²) >= 11 is 22.0. The summed E-state index contributed by atoms with van der Waals surface area (Å²) in [6.45, 7) is 0. The van der Waals surface area contributed by atoms with E-state index in [4.69, 9.17) is 46.4 Å². The van der Waals surface area contributed by atoms with Crippen LogP contribution in [0.1, 0.15) is 41.4 Å². The number of rotatable bonds is 4. The van der Waals surface area contributed by atoms with Crippen molar-refractivity contribution in [1.29, 1.82) is 0 Å². The van der Waals surface area contributed by atoms with E-state index in [1.807, 2.05) is 0 Å². The van der Waals surface area contributed by atoms with Crippen LogP contribution in [0.3, 0.4) is 0 Å². The first-order valence-electron chi connectivity index (χ1n) is 10.7. The molecule has 0 bridgehead atoms. The molecule has 0 aliphatic heterocycles. The summed E-state index contributed by atoms with van der Waals surface area (Å²) in [5.41, 5.74) is 0.572. The summed E-state index contributed by atoms with van der Waals surface area (Å²) in [5, 5.41) is 42.7. The van der Waals surface area contributed by atoms with E-state index in [9.17, 15) is 39.6 Å². The van der Waals surface area contributed by atoms with Crippen molar-refractivity contribution >= 4 is 70.3 Å². The zero-order valence-electron chi connectivity index (χ0n) is 20.7. The monoisotopic (exact) mass is 826 g/mol.